The van der Waals surface area contributed by atoms with Crippen molar-refractivity contribution in [3.8, 4) is 0 Å². The molecular formula is C9H11N3S. The molecule has 0 aliphatic heterocycles. The highest BCUT2D eigenvalue weighted by molar-refractivity contribution is 7.18. The molecule has 0 fully saturated rings. The van der Waals surface area contributed by atoms with Crippen LogP contribution in [0.3, 0.4) is 0 Å². The number of fused-ring (bicyclic) bond motifs is 1. The van der Waals surface area contributed by atoms with Gasteiger partial charge in [0.25, 0.3) is 0 Å². The van der Waals surface area contributed by atoms with Gasteiger partial charge in [0.2, 0.25) is 0 Å². The molecule has 0 N–H and O–H groups in total. The summed E-state index contributed by atoms with van der Waals surface area (Å²) in [5.74, 6) is 0. The lowest BCUT2D eigenvalue weighted by Crippen LogP contribution is -2.09. The van der Waals surface area contributed by atoms with E-state index in [9.17, 15) is 0 Å². The number of hydrogen-bond acceptors (Lipinski definition) is 4. The quantitative estimate of drug-likeness (QED) is 0.644. The summed E-state index contributed by atoms with van der Waals surface area (Å²) in [6, 6.07) is 0. The Morgan fingerprint density at radius 2 is 2.08 bits per heavy atom. The van der Waals surface area contributed by atoms with Gasteiger partial charge in [-0.3, -0.25) is 0 Å². The molecular weight excluding hydrogens is 182 g/mol. The maximum Gasteiger partial charge on any atom is 0.173 e. The van der Waals surface area contributed by atoms with Crippen molar-refractivity contribution in [2.45, 2.75) is 26.2 Å². The summed E-state index contributed by atoms with van der Waals surface area (Å²) in [5.41, 5.74) is 0.913. The molecule has 3 nitrogen and oxygen atoms in total. The maximum absolute atomic E-state index is 4.45. The normalized spacial score (nSPS) is 12.2. The average molecular weight is 193 g/mol. The van der Waals surface area contributed by atoms with Crippen LogP contribution in [0.2, 0.25) is 0 Å². The first-order valence-electron chi connectivity index (χ1n) is 4.14. The molecule has 0 bridgehead atoms. The smallest absolute Gasteiger partial charge is 0.173 e. The van der Waals surface area contributed by atoms with Crippen LogP contribution in [0.25, 0.3) is 10.3 Å². The minimum Gasteiger partial charge on any atom is -0.243 e. The zero-order valence-electron chi connectivity index (χ0n) is 7.90. The van der Waals surface area contributed by atoms with Crippen LogP contribution in [-0.2, 0) is 5.41 Å². The molecule has 68 valence electrons. The van der Waals surface area contributed by atoms with Crippen LogP contribution in [0.15, 0.2) is 12.5 Å². The lowest BCUT2D eigenvalue weighted by molar-refractivity contribution is 0.586. The topological polar surface area (TPSA) is 38.7 Å². The van der Waals surface area contributed by atoms with E-state index < -0.39 is 0 Å². The molecule has 2 aromatic heterocycles. The molecule has 0 aromatic carbocycles. The monoisotopic (exact) mass is 193 g/mol. The van der Waals surface area contributed by atoms with Gasteiger partial charge in [-0.2, -0.15) is 0 Å². The third kappa shape index (κ3) is 1.54. The van der Waals surface area contributed by atoms with Gasteiger partial charge in [-0.15, -0.1) is 11.3 Å². The molecule has 0 saturated heterocycles. The summed E-state index contributed by atoms with van der Waals surface area (Å²) in [7, 11) is 0. The van der Waals surface area contributed by atoms with E-state index in [1.165, 1.54) is 6.33 Å². The summed E-state index contributed by atoms with van der Waals surface area (Å²) in [4.78, 5) is 12.5. The summed E-state index contributed by atoms with van der Waals surface area (Å²) in [6.07, 6.45) is 3.35. The van der Waals surface area contributed by atoms with Crippen LogP contribution in [0.4, 0.5) is 0 Å². The van der Waals surface area contributed by atoms with Gasteiger partial charge in [0.05, 0.1) is 4.70 Å². The van der Waals surface area contributed by atoms with E-state index in [0.717, 1.165) is 15.4 Å². The highest BCUT2D eigenvalue weighted by Crippen LogP contribution is 2.29. The van der Waals surface area contributed by atoms with Crippen molar-refractivity contribution in [2.75, 3.05) is 0 Å². The third-order valence-electron chi connectivity index (χ3n) is 1.71. The lowest BCUT2D eigenvalue weighted by atomic mass is 9.98. The van der Waals surface area contributed by atoms with Gasteiger partial charge < -0.3 is 0 Å². The van der Waals surface area contributed by atoms with Gasteiger partial charge >= 0.3 is 0 Å². The van der Waals surface area contributed by atoms with E-state index in [4.69, 9.17) is 0 Å². The highest BCUT2D eigenvalue weighted by Gasteiger charge is 2.18. The first-order valence-corrected chi connectivity index (χ1v) is 4.96. The number of hydrogen-bond donors (Lipinski definition) is 0. The Bertz CT molecular complexity index is 395. The molecule has 2 rings (SSSR count). The number of thiazole rings is 1. The molecule has 4 heteroatoms. The second kappa shape index (κ2) is 2.73. The number of rotatable bonds is 0. The van der Waals surface area contributed by atoms with Crippen molar-refractivity contribution in [1.82, 2.24) is 15.0 Å². The molecule has 13 heavy (non-hydrogen) atoms. The molecule has 0 amide bonds. The molecule has 0 saturated carbocycles. The minimum absolute atomic E-state index is 0.103. The van der Waals surface area contributed by atoms with Crippen molar-refractivity contribution in [1.29, 1.82) is 0 Å². The van der Waals surface area contributed by atoms with Crippen LogP contribution in [0, 0.1) is 0 Å². The number of nitrogens with zero attached hydrogens (tertiary/aromatic N) is 3. The molecule has 0 spiro atoms. The van der Waals surface area contributed by atoms with E-state index in [1.807, 2.05) is 6.20 Å². The Hall–Kier alpha value is -1.03. The molecule has 0 aliphatic carbocycles. The molecule has 2 heterocycles. The Kier molecular flexibility index (Phi) is 1.80. The number of aromatic nitrogens is 3. The molecule has 0 atom stereocenters. The van der Waals surface area contributed by atoms with Gasteiger partial charge in [-0.1, -0.05) is 20.8 Å². The third-order valence-corrected chi connectivity index (χ3v) is 3.12. The van der Waals surface area contributed by atoms with E-state index in [2.05, 4.69) is 35.7 Å². The van der Waals surface area contributed by atoms with Crippen molar-refractivity contribution < 1.29 is 0 Å². The largest absolute Gasteiger partial charge is 0.243 e. The summed E-state index contributed by atoms with van der Waals surface area (Å²) < 4.78 is 1.06. The molecule has 0 unspecified atom stereocenters. The summed E-state index contributed by atoms with van der Waals surface area (Å²) in [5, 5.41) is 1.11. The maximum atomic E-state index is 4.45. The zero-order valence-corrected chi connectivity index (χ0v) is 8.72. The SMILES string of the molecule is CC(C)(C)c1nc2ncncc2s1. The van der Waals surface area contributed by atoms with Gasteiger partial charge in [0, 0.05) is 11.6 Å². The fourth-order valence-corrected chi connectivity index (χ4v) is 1.96. The van der Waals surface area contributed by atoms with Gasteiger partial charge in [0.15, 0.2) is 5.65 Å². The van der Waals surface area contributed by atoms with Gasteiger partial charge in [0.1, 0.15) is 11.3 Å². The lowest BCUT2D eigenvalue weighted by Gasteiger charge is -2.12. The summed E-state index contributed by atoms with van der Waals surface area (Å²) in [6.45, 7) is 6.45. The Morgan fingerprint density at radius 1 is 1.31 bits per heavy atom. The van der Waals surface area contributed by atoms with Crippen LogP contribution in [0.1, 0.15) is 25.8 Å². The fraction of sp³-hybridized carbons (Fsp3) is 0.444. The van der Waals surface area contributed by atoms with E-state index >= 15 is 0 Å². The van der Waals surface area contributed by atoms with Gasteiger partial charge in [-0.25, -0.2) is 15.0 Å². The Morgan fingerprint density at radius 3 is 2.69 bits per heavy atom. The van der Waals surface area contributed by atoms with Crippen molar-refractivity contribution in [3.05, 3.63) is 17.5 Å². The zero-order chi connectivity index (χ0) is 9.47. The first kappa shape index (κ1) is 8.56. The molecule has 0 aliphatic rings. The predicted molar refractivity (Wildman–Crippen MR) is 53.9 cm³/mol. The fourth-order valence-electron chi connectivity index (χ4n) is 1.01. The van der Waals surface area contributed by atoms with Crippen LogP contribution < -0.4 is 0 Å². The average Bonchev–Trinajstić information content (AvgIpc) is 2.45. The molecule has 0 radical (unpaired) electrons. The van der Waals surface area contributed by atoms with E-state index in [1.54, 1.807) is 11.3 Å². The minimum atomic E-state index is 0.103. The van der Waals surface area contributed by atoms with E-state index in [0.29, 0.717) is 0 Å². The predicted octanol–water partition coefficient (Wildman–Crippen LogP) is 2.38. The van der Waals surface area contributed by atoms with Crippen LogP contribution >= 0.6 is 11.3 Å². The van der Waals surface area contributed by atoms with Crippen molar-refractivity contribution >= 4 is 21.7 Å². The highest BCUT2D eigenvalue weighted by atomic mass is 32.1. The van der Waals surface area contributed by atoms with E-state index in [-0.39, 0.29) is 5.41 Å². The first-order chi connectivity index (χ1) is 6.07. The van der Waals surface area contributed by atoms with Crippen LogP contribution in [-0.4, -0.2) is 15.0 Å². The standard InChI is InChI=1S/C9H11N3S/c1-9(2,3)8-12-7-6(13-8)4-10-5-11-7/h4-5H,1-3H3. The Balaban J connectivity index is 2.63. The van der Waals surface area contributed by atoms with Gasteiger partial charge in [-0.05, 0) is 0 Å². The van der Waals surface area contributed by atoms with Crippen molar-refractivity contribution in [3.63, 3.8) is 0 Å². The van der Waals surface area contributed by atoms with Crippen LogP contribution in [0.5, 0.6) is 0 Å². The van der Waals surface area contributed by atoms with Crippen molar-refractivity contribution in [2.24, 2.45) is 0 Å². The second-order valence-corrected chi connectivity index (χ2v) is 5.01. The Labute approximate surface area is 80.9 Å². The molecule has 2 aromatic rings. The second-order valence-electron chi connectivity index (χ2n) is 3.98. The summed E-state index contributed by atoms with van der Waals surface area (Å²) >= 11 is 1.67.